The predicted octanol–water partition coefficient (Wildman–Crippen LogP) is 3.01. The van der Waals surface area contributed by atoms with Crippen LogP contribution in [-0.4, -0.2) is 25.4 Å². The van der Waals surface area contributed by atoms with Crippen molar-refractivity contribution in [2.45, 2.75) is 12.8 Å². The van der Waals surface area contributed by atoms with Crippen molar-refractivity contribution in [3.05, 3.63) is 29.5 Å². The van der Waals surface area contributed by atoms with Crippen LogP contribution in [0.1, 0.15) is 11.1 Å². The van der Waals surface area contributed by atoms with Crippen LogP contribution in [-0.2, 0) is 6.54 Å². The van der Waals surface area contributed by atoms with Gasteiger partial charge in [0.2, 0.25) is 0 Å². The molecule has 2 rings (SSSR count). The molecule has 0 amide bonds. The Hall–Kier alpha value is -1.85. The average Bonchev–Trinajstić information content (AvgIpc) is 2.35. The molecule has 0 spiro atoms. The van der Waals surface area contributed by atoms with E-state index in [1.165, 1.54) is 20.3 Å². The van der Waals surface area contributed by atoms with Crippen LogP contribution in [0.25, 0.3) is 6.08 Å². The average molecular weight is 259 g/mol. The number of hydrogen-bond acceptors (Lipinski definition) is 3. The Labute approximate surface area is 102 Å². The minimum atomic E-state index is -4.40. The number of rotatable bonds is 2. The monoisotopic (exact) mass is 259 g/mol. The van der Waals surface area contributed by atoms with Gasteiger partial charge in [-0.1, -0.05) is 0 Å². The van der Waals surface area contributed by atoms with Gasteiger partial charge < -0.3 is 9.47 Å². The standard InChI is InChI=1S/C12H12F3NO2/c1-17-10-3-4-11(18-2)9-7-16(12(13,14)15)6-5-8(9)10/h3-6H,7H2,1-2H3. The molecule has 3 nitrogen and oxygen atoms in total. The lowest BCUT2D eigenvalue weighted by Gasteiger charge is -2.28. The summed E-state index contributed by atoms with van der Waals surface area (Å²) in [5, 5.41) is 0. The molecule has 0 unspecified atom stereocenters. The summed E-state index contributed by atoms with van der Waals surface area (Å²) in [6, 6.07) is 3.27. The Morgan fingerprint density at radius 1 is 1.11 bits per heavy atom. The molecule has 6 heteroatoms. The zero-order valence-electron chi connectivity index (χ0n) is 9.91. The van der Waals surface area contributed by atoms with Gasteiger partial charge in [-0.05, 0) is 18.2 Å². The van der Waals surface area contributed by atoms with Crippen molar-refractivity contribution in [2.24, 2.45) is 0 Å². The van der Waals surface area contributed by atoms with Crippen LogP contribution in [0.5, 0.6) is 11.5 Å². The second kappa shape index (κ2) is 4.44. The molecule has 0 saturated heterocycles. The molecule has 98 valence electrons. The lowest BCUT2D eigenvalue weighted by Crippen LogP contribution is -2.34. The number of benzene rings is 1. The number of fused-ring (bicyclic) bond motifs is 1. The highest BCUT2D eigenvalue weighted by Crippen LogP contribution is 2.38. The fraction of sp³-hybridized carbons (Fsp3) is 0.333. The smallest absolute Gasteiger partial charge is 0.484 e. The first-order chi connectivity index (χ1) is 8.47. The van der Waals surface area contributed by atoms with E-state index in [2.05, 4.69) is 0 Å². The van der Waals surface area contributed by atoms with Gasteiger partial charge in [0.1, 0.15) is 11.5 Å². The number of nitrogens with zero attached hydrogens (tertiary/aromatic N) is 1. The highest BCUT2D eigenvalue weighted by atomic mass is 19.4. The summed E-state index contributed by atoms with van der Waals surface area (Å²) in [5.74, 6) is 0.952. The number of ether oxygens (including phenoxy) is 2. The topological polar surface area (TPSA) is 21.7 Å². The van der Waals surface area contributed by atoms with Gasteiger partial charge in [0.25, 0.3) is 0 Å². The quantitative estimate of drug-likeness (QED) is 0.762. The second-order valence-corrected chi connectivity index (χ2v) is 3.77. The third-order valence-electron chi connectivity index (χ3n) is 2.79. The molecular weight excluding hydrogens is 247 g/mol. The van der Waals surface area contributed by atoms with E-state index in [9.17, 15) is 13.2 Å². The molecular formula is C12H12F3NO2. The number of methoxy groups -OCH3 is 2. The highest BCUT2D eigenvalue weighted by Gasteiger charge is 2.37. The van der Waals surface area contributed by atoms with E-state index in [-0.39, 0.29) is 6.54 Å². The minimum Gasteiger partial charge on any atom is -0.496 e. The molecule has 1 aromatic carbocycles. The maximum Gasteiger partial charge on any atom is 0.484 e. The van der Waals surface area contributed by atoms with Crippen LogP contribution < -0.4 is 9.47 Å². The number of alkyl halides is 3. The van der Waals surface area contributed by atoms with Crippen LogP contribution >= 0.6 is 0 Å². The van der Waals surface area contributed by atoms with Crippen LogP contribution in [0, 0.1) is 0 Å². The number of halogens is 3. The second-order valence-electron chi connectivity index (χ2n) is 3.77. The van der Waals surface area contributed by atoms with Crippen molar-refractivity contribution in [2.75, 3.05) is 14.2 Å². The number of hydrogen-bond donors (Lipinski definition) is 0. The van der Waals surface area contributed by atoms with Gasteiger partial charge >= 0.3 is 6.30 Å². The zero-order valence-corrected chi connectivity index (χ0v) is 9.91. The predicted molar refractivity (Wildman–Crippen MR) is 60.2 cm³/mol. The zero-order chi connectivity index (χ0) is 13.3. The van der Waals surface area contributed by atoms with Crippen LogP contribution in [0.15, 0.2) is 18.3 Å². The minimum absolute atomic E-state index is 0.282. The maximum atomic E-state index is 12.7. The lowest BCUT2D eigenvalue weighted by atomic mass is 10.0. The first kappa shape index (κ1) is 12.6. The normalized spacial score (nSPS) is 14.4. The summed E-state index contributed by atoms with van der Waals surface area (Å²) in [4.78, 5) is 0.303. The van der Waals surface area contributed by atoms with E-state index in [1.807, 2.05) is 0 Å². The maximum absolute atomic E-state index is 12.7. The fourth-order valence-electron chi connectivity index (χ4n) is 1.90. The van der Waals surface area contributed by atoms with E-state index >= 15 is 0 Å². The van der Waals surface area contributed by atoms with E-state index in [4.69, 9.17) is 9.47 Å². The van der Waals surface area contributed by atoms with Gasteiger partial charge in [0.15, 0.2) is 0 Å². The van der Waals surface area contributed by atoms with E-state index in [0.29, 0.717) is 27.5 Å². The highest BCUT2D eigenvalue weighted by molar-refractivity contribution is 5.66. The summed E-state index contributed by atoms with van der Waals surface area (Å²) in [6.45, 7) is -0.282. The fourth-order valence-corrected chi connectivity index (χ4v) is 1.90. The molecule has 1 aliphatic heterocycles. The van der Waals surface area contributed by atoms with Gasteiger partial charge in [-0.3, -0.25) is 4.90 Å². The Morgan fingerprint density at radius 3 is 2.28 bits per heavy atom. The third-order valence-corrected chi connectivity index (χ3v) is 2.79. The van der Waals surface area contributed by atoms with Gasteiger partial charge in [-0.25, -0.2) is 0 Å². The summed E-state index contributed by atoms with van der Waals surface area (Å²) in [5.41, 5.74) is 1.09. The van der Waals surface area contributed by atoms with Crippen LogP contribution in [0.3, 0.4) is 0 Å². The molecule has 1 heterocycles. The molecule has 18 heavy (non-hydrogen) atoms. The Kier molecular flexibility index (Phi) is 3.11. The molecule has 0 N–H and O–H groups in total. The summed E-state index contributed by atoms with van der Waals surface area (Å²) < 4.78 is 48.2. The van der Waals surface area contributed by atoms with E-state index in [0.717, 1.165) is 6.20 Å². The molecule has 0 radical (unpaired) electrons. The van der Waals surface area contributed by atoms with Crippen molar-refractivity contribution in [3.63, 3.8) is 0 Å². The Balaban J connectivity index is 2.48. The molecule has 1 aliphatic rings. The Bertz CT molecular complexity index is 483. The van der Waals surface area contributed by atoms with Gasteiger partial charge in [-0.15, -0.1) is 0 Å². The first-order valence-electron chi connectivity index (χ1n) is 5.23. The lowest BCUT2D eigenvalue weighted by molar-refractivity contribution is -0.231. The molecule has 0 atom stereocenters. The largest absolute Gasteiger partial charge is 0.496 e. The summed E-state index contributed by atoms with van der Waals surface area (Å²) in [7, 11) is 2.91. The van der Waals surface area contributed by atoms with Crippen molar-refractivity contribution < 1.29 is 22.6 Å². The van der Waals surface area contributed by atoms with Crippen molar-refractivity contribution in [1.82, 2.24) is 4.90 Å². The molecule has 0 aliphatic carbocycles. The van der Waals surface area contributed by atoms with Crippen LogP contribution in [0.2, 0.25) is 0 Å². The third kappa shape index (κ3) is 2.10. The molecule has 0 bridgehead atoms. The summed E-state index contributed by atoms with van der Waals surface area (Å²) in [6.07, 6.45) is -2.01. The van der Waals surface area contributed by atoms with Gasteiger partial charge in [0.05, 0.1) is 20.8 Å². The first-order valence-corrected chi connectivity index (χ1v) is 5.23. The van der Waals surface area contributed by atoms with Crippen molar-refractivity contribution in [1.29, 1.82) is 0 Å². The molecule has 0 aromatic heterocycles. The SMILES string of the molecule is COc1ccc(OC)c2c1C=CN(C(F)(F)F)C2. The molecule has 1 aromatic rings. The molecule has 0 saturated carbocycles. The summed E-state index contributed by atoms with van der Waals surface area (Å²) >= 11 is 0. The Morgan fingerprint density at radius 2 is 1.72 bits per heavy atom. The van der Waals surface area contributed by atoms with Gasteiger partial charge in [-0.2, -0.15) is 13.2 Å². The van der Waals surface area contributed by atoms with E-state index < -0.39 is 6.30 Å². The van der Waals surface area contributed by atoms with Crippen molar-refractivity contribution >= 4 is 6.08 Å². The van der Waals surface area contributed by atoms with Gasteiger partial charge in [0, 0.05) is 17.3 Å². The van der Waals surface area contributed by atoms with Crippen LogP contribution in [0.4, 0.5) is 13.2 Å². The van der Waals surface area contributed by atoms with Crippen molar-refractivity contribution in [3.8, 4) is 11.5 Å². The molecule has 0 fully saturated rings. The van der Waals surface area contributed by atoms with E-state index in [1.54, 1.807) is 12.1 Å².